The molecule has 0 aromatic heterocycles. The van der Waals surface area contributed by atoms with E-state index in [1.165, 1.54) is 21.3 Å². The normalized spacial score (nSPS) is 18.5. The molecule has 20 nitrogen and oxygen atoms in total. The van der Waals surface area contributed by atoms with Crippen LogP contribution in [0.3, 0.4) is 0 Å². The second-order valence-corrected chi connectivity index (χ2v) is 19.5. The van der Waals surface area contributed by atoms with Crippen molar-refractivity contribution in [3.63, 3.8) is 0 Å². The maximum Gasteiger partial charge on any atom is 0.308 e. The zero-order valence-corrected chi connectivity index (χ0v) is 42.8. The maximum absolute atomic E-state index is 14.1. The minimum Gasteiger partial charge on any atom is -0.493 e. The van der Waals surface area contributed by atoms with Gasteiger partial charge < -0.3 is 55.2 Å². The van der Waals surface area contributed by atoms with E-state index in [1.807, 2.05) is 59.5 Å². The summed E-state index contributed by atoms with van der Waals surface area (Å²) in [5.74, 6) is -2.00. The molecule has 1 unspecified atom stereocenters. The summed E-state index contributed by atoms with van der Waals surface area (Å²) in [6.45, 7) is -0.761. The van der Waals surface area contributed by atoms with Crippen LogP contribution < -0.4 is 55.3 Å². The lowest BCUT2D eigenvalue weighted by Crippen LogP contribution is -2.44. The number of fused-ring (bicyclic) bond motifs is 8. The Kier molecular flexibility index (Phi) is 15.1. The van der Waals surface area contributed by atoms with E-state index in [0.29, 0.717) is 101 Å². The van der Waals surface area contributed by atoms with Crippen molar-refractivity contribution in [2.24, 2.45) is 16.8 Å². The molecule has 20 heteroatoms. The second kappa shape index (κ2) is 22.5. The van der Waals surface area contributed by atoms with E-state index in [0.717, 1.165) is 28.9 Å². The highest BCUT2D eigenvalue weighted by Gasteiger charge is 2.39. The molecule has 77 heavy (non-hydrogen) atoms. The maximum atomic E-state index is 14.1. The standard InChI is InChI=1S/C57H58N8O12/c1-73-47-21-41-43(58-25-39-19-36-8-4-6-10-45(36)64(39)55(41)70)23-49(47)76-30-32-16-33(31-77-50-24-44-42(22-48(50)74-2)56(71)65-40(26-59-44)20-37-9-5-7-11-46(37)65)18-38(17-32)63-53(68)29-61-51(66)27-60-52(67)28-62-54(69)34-12-14-35(15-13-34)57(72)75-3/h4-11,16-18,21-25,34-35,39-40,59H,12-15,19-20,26-31H2,1-3H3,(H,60,67)(H,61,66)(H,62,69)(H,63,68)/t34?,35?,39?,40-/m0/s1. The highest BCUT2D eigenvalue weighted by molar-refractivity contribution is 6.15. The number of rotatable bonds is 17. The van der Waals surface area contributed by atoms with Crippen molar-refractivity contribution in [3.8, 4) is 23.0 Å². The van der Waals surface area contributed by atoms with Crippen LogP contribution >= 0.6 is 0 Å². The van der Waals surface area contributed by atoms with E-state index in [9.17, 15) is 33.6 Å². The average Bonchev–Trinajstić information content (AvgIpc) is 4.01. The fraction of sp³-hybridized carbons (Fsp3) is 0.333. The first-order valence-corrected chi connectivity index (χ1v) is 25.5. The zero-order valence-electron chi connectivity index (χ0n) is 42.8. The Bertz CT molecular complexity index is 3210. The van der Waals surface area contributed by atoms with Crippen molar-refractivity contribution in [2.75, 3.05) is 67.9 Å². The van der Waals surface area contributed by atoms with Crippen LogP contribution in [0.2, 0.25) is 0 Å². The molecule has 0 radical (unpaired) electrons. The smallest absolute Gasteiger partial charge is 0.308 e. The molecule has 5 aliphatic rings. The molecule has 1 saturated carbocycles. The molecular weight excluding hydrogens is 989 g/mol. The highest BCUT2D eigenvalue weighted by atomic mass is 16.5. The van der Waals surface area contributed by atoms with Crippen molar-refractivity contribution < 1.29 is 57.2 Å². The quantitative estimate of drug-likeness (QED) is 0.0733. The SMILES string of the molecule is COC(=O)C1CCC(C(=O)NCC(=O)NCC(=O)NCC(=O)Nc2cc(COc3cc4c(cc3OC)C(=O)N3c5ccccc5CC3C=N4)cc(COc3cc4c(cc3OC)C(=O)N3c5ccccc5C[C@H]3CN4)c2)CC1. The molecule has 5 aromatic rings. The van der Waals surface area contributed by atoms with E-state index in [4.69, 9.17) is 28.7 Å². The van der Waals surface area contributed by atoms with Crippen molar-refractivity contribution in [3.05, 3.63) is 124 Å². The number of para-hydroxylation sites is 2. The van der Waals surface area contributed by atoms with E-state index in [-0.39, 0.29) is 67.4 Å². The van der Waals surface area contributed by atoms with Gasteiger partial charge in [-0.3, -0.25) is 43.5 Å². The number of carbonyl (C=O) groups is 7. The van der Waals surface area contributed by atoms with Crippen LogP contribution in [-0.2, 0) is 54.8 Å². The molecule has 398 valence electrons. The lowest BCUT2D eigenvalue weighted by molar-refractivity contribution is -0.147. The summed E-state index contributed by atoms with van der Waals surface area (Å²) in [4.78, 5) is 99.7. The number of anilines is 4. The third-order valence-corrected chi connectivity index (χ3v) is 14.6. The number of amides is 6. The summed E-state index contributed by atoms with van der Waals surface area (Å²) in [5.41, 5.74) is 7.28. The summed E-state index contributed by atoms with van der Waals surface area (Å²) < 4.78 is 29.1. The molecule has 0 saturated heterocycles. The lowest BCUT2D eigenvalue weighted by Gasteiger charge is -2.25. The minimum absolute atomic E-state index is 0.0187. The van der Waals surface area contributed by atoms with Gasteiger partial charge in [0.15, 0.2) is 23.0 Å². The number of benzene rings is 5. The molecule has 4 aliphatic heterocycles. The molecule has 4 heterocycles. The summed E-state index contributed by atoms with van der Waals surface area (Å²) in [6, 6.07) is 27.3. The summed E-state index contributed by atoms with van der Waals surface area (Å²) in [6.07, 6.45) is 5.17. The Labute approximate surface area is 443 Å². The van der Waals surface area contributed by atoms with Gasteiger partial charge in [-0.05, 0) is 96.8 Å². The largest absolute Gasteiger partial charge is 0.493 e. The van der Waals surface area contributed by atoms with Crippen LogP contribution in [0.4, 0.5) is 28.4 Å². The van der Waals surface area contributed by atoms with Crippen LogP contribution in [0.15, 0.2) is 96.0 Å². The van der Waals surface area contributed by atoms with E-state index >= 15 is 0 Å². The summed E-state index contributed by atoms with van der Waals surface area (Å²) in [5, 5.41) is 13.8. The highest BCUT2D eigenvalue weighted by Crippen LogP contribution is 2.43. The minimum atomic E-state index is -0.640. The first-order chi connectivity index (χ1) is 37.4. The van der Waals surface area contributed by atoms with Gasteiger partial charge in [0.2, 0.25) is 23.6 Å². The number of hydrogen-bond donors (Lipinski definition) is 5. The first kappa shape index (κ1) is 51.5. The van der Waals surface area contributed by atoms with Gasteiger partial charge in [0.05, 0.1) is 81.5 Å². The second-order valence-electron chi connectivity index (χ2n) is 19.5. The Hall–Kier alpha value is -8.94. The number of nitrogens with one attached hydrogen (secondary N) is 5. The average molecular weight is 1050 g/mol. The molecule has 5 aromatic carbocycles. The molecular formula is C57H58N8O12. The fourth-order valence-corrected chi connectivity index (χ4v) is 10.7. The topological polar surface area (TPSA) is 245 Å². The number of carbonyl (C=O) groups excluding carboxylic acids is 7. The lowest BCUT2D eigenvalue weighted by atomic mass is 9.81. The van der Waals surface area contributed by atoms with Crippen molar-refractivity contribution in [2.45, 2.75) is 63.8 Å². The van der Waals surface area contributed by atoms with Crippen LogP contribution in [0, 0.1) is 11.8 Å². The third-order valence-electron chi connectivity index (χ3n) is 14.6. The molecule has 5 N–H and O–H groups in total. The molecule has 10 rings (SSSR count). The number of hydrogen-bond acceptors (Lipinski definition) is 14. The Morgan fingerprint density at radius 2 is 1.19 bits per heavy atom. The van der Waals surface area contributed by atoms with E-state index < -0.39 is 30.8 Å². The van der Waals surface area contributed by atoms with Gasteiger partial charge in [0, 0.05) is 54.3 Å². The van der Waals surface area contributed by atoms with Crippen molar-refractivity contribution in [1.29, 1.82) is 0 Å². The van der Waals surface area contributed by atoms with Gasteiger partial charge in [-0.1, -0.05) is 36.4 Å². The van der Waals surface area contributed by atoms with Crippen LogP contribution in [0.5, 0.6) is 23.0 Å². The Morgan fingerprint density at radius 3 is 1.86 bits per heavy atom. The fourth-order valence-electron chi connectivity index (χ4n) is 10.7. The van der Waals surface area contributed by atoms with E-state index in [2.05, 4.69) is 26.6 Å². The van der Waals surface area contributed by atoms with Crippen LogP contribution in [-0.4, -0.2) is 107 Å². The van der Waals surface area contributed by atoms with Gasteiger partial charge in [-0.25, -0.2) is 0 Å². The zero-order chi connectivity index (χ0) is 53.7. The third kappa shape index (κ3) is 11.1. The molecule has 0 bridgehead atoms. The monoisotopic (exact) mass is 1050 g/mol. The van der Waals surface area contributed by atoms with Crippen LogP contribution in [0.25, 0.3) is 0 Å². The van der Waals surface area contributed by atoms with Crippen molar-refractivity contribution in [1.82, 2.24) is 16.0 Å². The number of ether oxygens (including phenoxy) is 5. The number of esters is 1. The number of aliphatic imine (C=N–C) groups is 1. The predicted molar refractivity (Wildman–Crippen MR) is 284 cm³/mol. The number of nitrogens with zero attached hydrogens (tertiary/aromatic N) is 3. The molecule has 2 atom stereocenters. The molecule has 6 amide bonds. The summed E-state index contributed by atoms with van der Waals surface area (Å²) in [7, 11) is 4.32. The van der Waals surface area contributed by atoms with Gasteiger partial charge in [-0.2, -0.15) is 0 Å². The van der Waals surface area contributed by atoms with Gasteiger partial charge >= 0.3 is 5.97 Å². The summed E-state index contributed by atoms with van der Waals surface area (Å²) >= 11 is 0. The van der Waals surface area contributed by atoms with E-state index in [1.54, 1.807) is 47.5 Å². The van der Waals surface area contributed by atoms with Crippen molar-refractivity contribution >= 4 is 76.1 Å². The first-order valence-electron chi connectivity index (χ1n) is 25.5. The Morgan fingerprint density at radius 1 is 0.623 bits per heavy atom. The van der Waals surface area contributed by atoms with Gasteiger partial charge in [0.25, 0.3) is 11.8 Å². The molecule has 1 aliphatic carbocycles. The Balaban J connectivity index is 0.815. The predicted octanol–water partition coefficient (Wildman–Crippen LogP) is 5.41. The van der Waals surface area contributed by atoms with Gasteiger partial charge in [-0.15, -0.1) is 0 Å². The number of methoxy groups -OCH3 is 3. The van der Waals surface area contributed by atoms with Gasteiger partial charge in [0.1, 0.15) is 13.2 Å². The molecule has 0 spiro atoms. The molecule has 1 fully saturated rings. The van der Waals surface area contributed by atoms with Crippen LogP contribution in [0.1, 0.15) is 68.7 Å².